The lowest BCUT2D eigenvalue weighted by Gasteiger charge is -2.19. The van der Waals surface area contributed by atoms with Crippen molar-refractivity contribution in [1.82, 2.24) is 4.90 Å². The fraction of sp³-hybridized carbons (Fsp3) is 0.417. The smallest absolute Gasteiger partial charge is 0.253 e. The Morgan fingerprint density at radius 2 is 1.95 bits per heavy atom. The average molecular weight is 305 g/mol. The van der Waals surface area contributed by atoms with E-state index in [1.807, 2.05) is 13.8 Å². The molecule has 0 aliphatic carbocycles. The zero-order chi connectivity index (χ0) is 14.8. The molecule has 0 aromatic heterocycles. The van der Waals surface area contributed by atoms with Crippen molar-refractivity contribution in [1.29, 1.82) is 0 Å². The van der Waals surface area contributed by atoms with Crippen molar-refractivity contribution in [3.05, 3.63) is 28.8 Å². The molecule has 19 heavy (non-hydrogen) atoms. The van der Waals surface area contributed by atoms with Gasteiger partial charge in [-0.15, -0.1) is 0 Å². The molecule has 0 heterocycles. The van der Waals surface area contributed by atoms with E-state index in [0.29, 0.717) is 12.5 Å². The number of carbonyl (C=O) groups excluding carboxylic acids is 1. The molecule has 1 aromatic rings. The van der Waals surface area contributed by atoms with E-state index in [1.165, 1.54) is 23.1 Å². The molecule has 0 radical (unpaired) electrons. The van der Waals surface area contributed by atoms with E-state index < -0.39 is 10.0 Å². The summed E-state index contributed by atoms with van der Waals surface area (Å²) >= 11 is 5.82. The summed E-state index contributed by atoms with van der Waals surface area (Å²) in [5.41, 5.74) is 0.208. The number of hydrogen-bond donors (Lipinski definition) is 1. The summed E-state index contributed by atoms with van der Waals surface area (Å²) in [6.45, 7) is 4.53. The third-order valence-corrected chi connectivity index (χ3v) is 3.54. The summed E-state index contributed by atoms with van der Waals surface area (Å²) in [6, 6.07) is 3.88. The third-order valence-electron chi connectivity index (χ3n) is 2.43. The van der Waals surface area contributed by atoms with Gasteiger partial charge in [-0.3, -0.25) is 4.79 Å². The molecular weight excluding hydrogens is 288 g/mol. The van der Waals surface area contributed by atoms with Gasteiger partial charge >= 0.3 is 0 Å². The van der Waals surface area contributed by atoms with Crippen LogP contribution in [0, 0.1) is 5.92 Å². The molecule has 0 saturated heterocycles. The van der Waals surface area contributed by atoms with Gasteiger partial charge in [0.15, 0.2) is 0 Å². The van der Waals surface area contributed by atoms with Crippen LogP contribution in [0.3, 0.4) is 0 Å². The number of rotatable bonds is 4. The Morgan fingerprint density at radius 3 is 2.42 bits per heavy atom. The van der Waals surface area contributed by atoms with Crippen molar-refractivity contribution in [2.24, 2.45) is 11.1 Å². The lowest BCUT2D eigenvalue weighted by molar-refractivity contribution is 0.0779. The lowest BCUT2D eigenvalue weighted by atomic mass is 10.1. The second-order valence-electron chi connectivity index (χ2n) is 4.80. The first-order valence-corrected chi connectivity index (χ1v) is 7.62. The molecular formula is C12H17ClN2O3S. The zero-order valence-electron chi connectivity index (χ0n) is 11.1. The Kier molecular flexibility index (Phi) is 4.95. The molecule has 0 spiro atoms. The number of sulfonamides is 1. The van der Waals surface area contributed by atoms with Crippen LogP contribution >= 0.6 is 11.6 Å². The summed E-state index contributed by atoms with van der Waals surface area (Å²) in [7, 11) is -2.23. The van der Waals surface area contributed by atoms with Crippen molar-refractivity contribution in [2.45, 2.75) is 18.7 Å². The number of halogens is 1. The van der Waals surface area contributed by atoms with Crippen LogP contribution in [-0.2, 0) is 10.0 Å². The number of nitrogens with two attached hydrogens (primary N) is 1. The highest BCUT2D eigenvalue weighted by Gasteiger charge is 2.17. The van der Waals surface area contributed by atoms with Gasteiger partial charge in [0.2, 0.25) is 10.0 Å². The Balaban J connectivity index is 3.14. The Bertz CT molecular complexity index is 585. The van der Waals surface area contributed by atoms with Gasteiger partial charge in [0.1, 0.15) is 0 Å². The summed E-state index contributed by atoms with van der Waals surface area (Å²) in [5.74, 6) is 0.0203. The highest BCUT2D eigenvalue weighted by Crippen LogP contribution is 2.19. The average Bonchev–Trinajstić information content (AvgIpc) is 2.25. The molecule has 0 aliphatic heterocycles. The van der Waals surface area contributed by atoms with Crippen LogP contribution in [0.1, 0.15) is 24.2 Å². The number of carbonyl (C=O) groups is 1. The summed E-state index contributed by atoms with van der Waals surface area (Å²) in [4.78, 5) is 13.5. The van der Waals surface area contributed by atoms with E-state index in [0.717, 1.165) is 0 Å². The van der Waals surface area contributed by atoms with Crippen LogP contribution in [0.15, 0.2) is 23.1 Å². The fourth-order valence-corrected chi connectivity index (χ4v) is 2.58. The molecule has 106 valence electrons. The zero-order valence-corrected chi connectivity index (χ0v) is 12.6. The third kappa shape index (κ3) is 4.49. The SMILES string of the molecule is CC(C)CN(C)C(=O)c1cc(Cl)cc(S(N)(=O)=O)c1. The minimum atomic E-state index is -3.89. The highest BCUT2D eigenvalue weighted by atomic mass is 35.5. The van der Waals surface area contributed by atoms with Crippen molar-refractivity contribution in [2.75, 3.05) is 13.6 Å². The van der Waals surface area contributed by atoms with Crippen LogP contribution < -0.4 is 5.14 Å². The van der Waals surface area contributed by atoms with Crippen molar-refractivity contribution < 1.29 is 13.2 Å². The Labute approximate surface area is 118 Å². The summed E-state index contributed by atoms with van der Waals surface area (Å²) < 4.78 is 22.6. The van der Waals surface area contributed by atoms with Crippen LogP contribution in [0.4, 0.5) is 0 Å². The largest absolute Gasteiger partial charge is 0.341 e. The van der Waals surface area contributed by atoms with Crippen LogP contribution in [0.25, 0.3) is 0 Å². The molecule has 2 N–H and O–H groups in total. The minimum Gasteiger partial charge on any atom is -0.341 e. The van der Waals surface area contributed by atoms with Gasteiger partial charge < -0.3 is 4.90 Å². The minimum absolute atomic E-state index is 0.160. The van der Waals surface area contributed by atoms with Gasteiger partial charge in [0.05, 0.1) is 4.90 Å². The van der Waals surface area contributed by atoms with Crippen molar-refractivity contribution in [3.8, 4) is 0 Å². The summed E-state index contributed by atoms with van der Waals surface area (Å²) in [6.07, 6.45) is 0. The molecule has 7 heteroatoms. The topological polar surface area (TPSA) is 80.5 Å². The van der Waals surface area contributed by atoms with E-state index in [2.05, 4.69) is 0 Å². The fourth-order valence-electron chi connectivity index (χ4n) is 1.70. The first kappa shape index (κ1) is 15.9. The normalized spacial score (nSPS) is 11.7. The van der Waals surface area contributed by atoms with Crippen molar-refractivity contribution >= 4 is 27.5 Å². The maximum Gasteiger partial charge on any atom is 0.253 e. The number of amides is 1. The molecule has 0 fully saturated rings. The van der Waals surface area contributed by atoms with Crippen LogP contribution in [-0.4, -0.2) is 32.8 Å². The molecule has 0 atom stereocenters. The second kappa shape index (κ2) is 5.90. The first-order valence-electron chi connectivity index (χ1n) is 5.70. The van der Waals surface area contributed by atoms with Crippen molar-refractivity contribution in [3.63, 3.8) is 0 Å². The van der Waals surface area contributed by atoms with E-state index in [4.69, 9.17) is 16.7 Å². The molecule has 0 unspecified atom stereocenters. The molecule has 1 amide bonds. The molecule has 1 aromatic carbocycles. The Hall–Kier alpha value is -1.11. The monoisotopic (exact) mass is 304 g/mol. The van der Waals surface area contributed by atoms with E-state index >= 15 is 0 Å². The van der Waals surface area contributed by atoms with E-state index in [9.17, 15) is 13.2 Å². The predicted molar refractivity (Wildman–Crippen MR) is 74.6 cm³/mol. The van der Waals surface area contributed by atoms with Gasteiger partial charge in [-0.25, -0.2) is 13.6 Å². The molecule has 0 bridgehead atoms. The van der Waals surface area contributed by atoms with Gasteiger partial charge in [-0.1, -0.05) is 25.4 Å². The number of hydrogen-bond acceptors (Lipinski definition) is 3. The number of primary sulfonamides is 1. The van der Waals surface area contributed by atoms with Crippen LogP contribution in [0.2, 0.25) is 5.02 Å². The Morgan fingerprint density at radius 1 is 1.37 bits per heavy atom. The summed E-state index contributed by atoms with van der Waals surface area (Å²) in [5, 5.41) is 5.20. The van der Waals surface area contributed by atoms with E-state index in [1.54, 1.807) is 7.05 Å². The van der Waals surface area contributed by atoms with Gasteiger partial charge in [-0.05, 0) is 24.1 Å². The highest BCUT2D eigenvalue weighted by molar-refractivity contribution is 7.89. The maximum atomic E-state index is 12.1. The quantitative estimate of drug-likeness (QED) is 0.919. The molecule has 0 aliphatic rings. The maximum absolute atomic E-state index is 12.1. The second-order valence-corrected chi connectivity index (χ2v) is 6.80. The molecule has 0 saturated carbocycles. The lowest BCUT2D eigenvalue weighted by Crippen LogP contribution is -2.30. The van der Waals surface area contributed by atoms with Gasteiger partial charge in [0, 0.05) is 24.2 Å². The number of benzene rings is 1. The predicted octanol–water partition coefficient (Wildman–Crippen LogP) is 1.72. The van der Waals surface area contributed by atoms with Crippen LogP contribution in [0.5, 0.6) is 0 Å². The first-order chi connectivity index (χ1) is 8.61. The molecule has 1 rings (SSSR count). The van der Waals surface area contributed by atoms with Gasteiger partial charge in [0.25, 0.3) is 5.91 Å². The van der Waals surface area contributed by atoms with E-state index in [-0.39, 0.29) is 21.4 Å². The molecule has 5 nitrogen and oxygen atoms in total. The van der Waals surface area contributed by atoms with Gasteiger partial charge in [-0.2, -0.15) is 0 Å². The number of nitrogens with zero attached hydrogens (tertiary/aromatic N) is 1. The standard InChI is InChI=1S/C12H17ClN2O3S/c1-8(2)7-15(3)12(16)9-4-10(13)6-11(5-9)19(14,17)18/h4-6,8H,7H2,1-3H3,(H2,14,17,18).